The van der Waals surface area contributed by atoms with E-state index in [2.05, 4.69) is 12.1 Å². The van der Waals surface area contributed by atoms with Crippen LogP contribution in [-0.4, -0.2) is 26.2 Å². The van der Waals surface area contributed by atoms with E-state index in [1.165, 1.54) is 9.40 Å². The Morgan fingerprint density at radius 3 is 1.38 bits per heavy atom. The van der Waals surface area contributed by atoms with Crippen LogP contribution in [0.5, 0.6) is 0 Å². The molecule has 2 rings (SSSR count). The summed E-state index contributed by atoms with van der Waals surface area (Å²) in [5.74, 6) is 0. The second-order valence-electron chi connectivity index (χ2n) is 5.07. The third kappa shape index (κ3) is 2.32. The fraction of sp³-hybridized carbons (Fsp3) is 0.400. The molecule has 2 aromatic rings. The smallest absolute Gasteiger partial charge is 0.224 e. The van der Waals surface area contributed by atoms with Gasteiger partial charge in [-0.3, -0.25) is 0 Å². The van der Waals surface area contributed by atoms with Crippen molar-refractivity contribution in [2.75, 3.05) is 0 Å². The first-order valence-electron chi connectivity index (χ1n) is 5.17. The van der Waals surface area contributed by atoms with Crippen molar-refractivity contribution in [3.8, 4) is 0 Å². The molecule has 0 aliphatic heterocycles. The van der Waals surface area contributed by atoms with Gasteiger partial charge in [0.25, 0.3) is 0 Å². The molecule has 2 heterocycles. The average Bonchev–Trinajstić information content (AvgIpc) is 2.53. The Morgan fingerprint density at radius 2 is 1.12 bits per heavy atom. The first-order valence-corrected chi connectivity index (χ1v) is 12.7. The van der Waals surface area contributed by atoms with Gasteiger partial charge in [-0.2, -0.15) is 0 Å². The molecule has 16 heavy (non-hydrogen) atoms. The zero-order chi connectivity index (χ0) is 12.1. The number of hydrogen-bond acceptors (Lipinski definition) is 4. The van der Waals surface area contributed by atoms with Crippen LogP contribution in [0.25, 0.3) is 9.40 Å². The van der Waals surface area contributed by atoms with Gasteiger partial charge in [0, 0.05) is 18.4 Å². The summed E-state index contributed by atoms with van der Waals surface area (Å²) in [5, 5.41) is 0. The van der Waals surface area contributed by atoms with Gasteiger partial charge in [-0.1, -0.05) is 0 Å². The summed E-state index contributed by atoms with van der Waals surface area (Å²) in [7, 11) is -4.34. The maximum Gasteiger partial charge on any atom is 0.224 e. The molecule has 0 atom stereocenters. The summed E-state index contributed by atoms with van der Waals surface area (Å²) in [4.78, 5) is 20.1. The minimum atomic E-state index is -2.17. The van der Waals surface area contributed by atoms with Crippen molar-refractivity contribution < 1.29 is 9.59 Å². The lowest BCUT2D eigenvalue weighted by molar-refractivity contribution is 0.568. The van der Waals surface area contributed by atoms with Crippen LogP contribution in [0.4, 0.5) is 0 Å². The predicted molar refractivity (Wildman–Crippen MR) is 78.4 cm³/mol. The summed E-state index contributed by atoms with van der Waals surface area (Å²) in [6.07, 6.45) is 0. The fourth-order valence-corrected chi connectivity index (χ4v) is 7.20. The molecule has 0 fully saturated rings. The number of hydrogen-bond donors (Lipinski definition) is 2. The molecule has 0 saturated carbocycles. The van der Waals surface area contributed by atoms with E-state index in [0.29, 0.717) is 0 Å². The van der Waals surface area contributed by atoms with Crippen LogP contribution in [0.1, 0.15) is 0 Å². The van der Waals surface area contributed by atoms with Crippen LogP contribution >= 0.6 is 22.7 Å². The molecule has 0 saturated heterocycles. The van der Waals surface area contributed by atoms with E-state index >= 15 is 0 Å². The molecule has 0 aromatic carbocycles. The van der Waals surface area contributed by atoms with E-state index < -0.39 is 16.6 Å². The molecule has 88 valence electrons. The van der Waals surface area contributed by atoms with E-state index in [1.807, 2.05) is 26.2 Å². The number of rotatable bonds is 2. The lowest BCUT2D eigenvalue weighted by Crippen LogP contribution is -2.39. The third-order valence-corrected chi connectivity index (χ3v) is 10.6. The van der Waals surface area contributed by atoms with Crippen LogP contribution < -0.4 is 9.00 Å². The molecule has 0 amide bonds. The van der Waals surface area contributed by atoms with Gasteiger partial charge in [0.1, 0.15) is 0 Å². The highest BCUT2D eigenvalue weighted by atomic mass is 32.1. The Balaban J connectivity index is 2.49. The van der Waals surface area contributed by atoms with Gasteiger partial charge in [-0.05, 0) is 38.3 Å². The molecule has 0 aliphatic rings. The lowest BCUT2D eigenvalue weighted by Gasteiger charge is -2.11. The summed E-state index contributed by atoms with van der Waals surface area (Å²) >= 11 is 3.35. The fourth-order valence-electron chi connectivity index (χ4n) is 1.44. The minimum Gasteiger partial charge on any atom is -0.427 e. The van der Waals surface area contributed by atoms with E-state index in [1.54, 1.807) is 22.7 Å². The quantitative estimate of drug-likeness (QED) is 0.827. The predicted octanol–water partition coefficient (Wildman–Crippen LogP) is 1.77. The Bertz CT molecular complexity index is 442. The summed E-state index contributed by atoms with van der Waals surface area (Å²) < 4.78 is 4.66. The van der Waals surface area contributed by atoms with Crippen LogP contribution in [0.15, 0.2) is 12.1 Å². The lowest BCUT2D eigenvalue weighted by atomic mass is 10.5. The van der Waals surface area contributed by atoms with Crippen molar-refractivity contribution in [2.45, 2.75) is 26.2 Å². The zero-order valence-corrected chi connectivity index (χ0v) is 13.5. The Labute approximate surface area is 105 Å². The summed E-state index contributed by atoms with van der Waals surface area (Å²) in [5.41, 5.74) is 0. The van der Waals surface area contributed by atoms with Gasteiger partial charge in [-0.25, -0.2) is 0 Å². The Morgan fingerprint density at radius 1 is 0.812 bits per heavy atom. The molecule has 0 aliphatic carbocycles. The molecule has 2 nitrogen and oxygen atoms in total. The summed E-state index contributed by atoms with van der Waals surface area (Å²) in [6.45, 7) is 7.75. The Kier molecular flexibility index (Phi) is 2.93. The van der Waals surface area contributed by atoms with Crippen LogP contribution in [0, 0.1) is 0 Å². The van der Waals surface area contributed by atoms with Gasteiger partial charge in [-0.15, -0.1) is 22.7 Å². The van der Waals surface area contributed by atoms with Gasteiger partial charge >= 0.3 is 0 Å². The van der Waals surface area contributed by atoms with Crippen molar-refractivity contribution >= 4 is 57.7 Å². The zero-order valence-electron chi connectivity index (χ0n) is 9.87. The van der Waals surface area contributed by atoms with Crippen molar-refractivity contribution in [2.24, 2.45) is 0 Å². The van der Waals surface area contributed by atoms with Crippen LogP contribution in [0.2, 0.25) is 26.2 Å². The molecule has 6 heteroatoms. The van der Waals surface area contributed by atoms with Gasteiger partial charge < -0.3 is 9.59 Å². The molecule has 2 aromatic heterocycles. The van der Waals surface area contributed by atoms with Crippen molar-refractivity contribution in [1.29, 1.82) is 0 Å². The van der Waals surface area contributed by atoms with Crippen LogP contribution in [-0.2, 0) is 0 Å². The molecular weight excluding hydrogens is 272 g/mol. The monoisotopic (exact) mass is 288 g/mol. The van der Waals surface area contributed by atoms with Gasteiger partial charge in [0.15, 0.2) is 0 Å². The van der Waals surface area contributed by atoms with Crippen molar-refractivity contribution in [3.05, 3.63) is 12.1 Å². The maximum atomic E-state index is 10.1. The third-order valence-electron chi connectivity index (χ3n) is 2.41. The molecule has 0 bridgehead atoms. The average molecular weight is 289 g/mol. The van der Waals surface area contributed by atoms with E-state index in [4.69, 9.17) is 0 Å². The number of thiophene rings is 2. The SMILES string of the molecule is C[Si](C)(O)c1cc2sc([Si](C)(C)O)cc2s1. The first kappa shape index (κ1) is 12.5. The standard InChI is InChI=1S/C10H16O2S2Si2/c1-15(2,11)9-5-7-8(13-9)6-10(14-7)16(3,4)12/h5-6,11-12H,1-4H3. The molecule has 2 N–H and O–H groups in total. The molecular formula is C10H16O2S2Si2. The highest BCUT2D eigenvalue weighted by molar-refractivity contribution is 7.38. The van der Waals surface area contributed by atoms with Gasteiger partial charge in [0.05, 0.1) is 0 Å². The Hall–Kier alpha value is 0.0138. The molecule has 0 unspecified atom stereocenters. The normalized spacial score (nSPS) is 13.6. The summed E-state index contributed by atoms with van der Waals surface area (Å²) in [6, 6.07) is 4.20. The van der Waals surface area contributed by atoms with Crippen LogP contribution in [0.3, 0.4) is 0 Å². The van der Waals surface area contributed by atoms with E-state index in [0.717, 1.165) is 9.00 Å². The molecule has 0 radical (unpaired) electrons. The largest absolute Gasteiger partial charge is 0.427 e. The maximum absolute atomic E-state index is 10.1. The second-order valence-corrected chi connectivity index (χ2v) is 15.3. The highest BCUT2D eigenvalue weighted by Gasteiger charge is 2.27. The van der Waals surface area contributed by atoms with E-state index in [9.17, 15) is 9.59 Å². The number of fused-ring (bicyclic) bond motifs is 1. The highest BCUT2D eigenvalue weighted by Crippen LogP contribution is 2.26. The van der Waals surface area contributed by atoms with E-state index in [-0.39, 0.29) is 0 Å². The topological polar surface area (TPSA) is 40.5 Å². The second kappa shape index (κ2) is 3.76. The minimum absolute atomic E-state index is 1.12. The van der Waals surface area contributed by atoms with Crippen molar-refractivity contribution in [1.82, 2.24) is 0 Å². The van der Waals surface area contributed by atoms with Crippen molar-refractivity contribution in [3.63, 3.8) is 0 Å². The first-order chi connectivity index (χ1) is 7.18. The van der Waals surface area contributed by atoms with Gasteiger partial charge in [0.2, 0.25) is 16.6 Å². The molecule has 0 spiro atoms.